The van der Waals surface area contributed by atoms with Crippen LogP contribution in [0.25, 0.3) is 0 Å². The molecule has 1 fully saturated rings. The number of allylic oxidation sites excluding steroid dienone is 4. The third kappa shape index (κ3) is 3.82. The molecule has 27 heavy (non-hydrogen) atoms. The zero-order chi connectivity index (χ0) is 19.1. The van der Waals surface area contributed by atoms with Gasteiger partial charge in [-0.05, 0) is 45.2 Å². The number of ether oxygens (including phenoxy) is 1. The van der Waals surface area contributed by atoms with Crippen LogP contribution in [0.4, 0.5) is 0 Å². The standard InChI is InChI=1S/C23H33N3O/c1-22(2)10-11-23(3,4)19-15-16(5-6-18(19)22)21-25-14-9-20(26-21)27-17-7-12-24-13-8-17/h9-11,14,16-17,24H,5-8,12-13,15H2,1-4H3. The molecular weight excluding hydrogens is 334 g/mol. The van der Waals surface area contributed by atoms with Crippen molar-refractivity contribution in [1.82, 2.24) is 15.3 Å². The molecule has 0 spiro atoms. The first-order valence-corrected chi connectivity index (χ1v) is 10.5. The molecule has 1 saturated heterocycles. The van der Waals surface area contributed by atoms with Crippen LogP contribution in [-0.4, -0.2) is 29.2 Å². The number of aromatic nitrogens is 2. The van der Waals surface area contributed by atoms with Crippen LogP contribution >= 0.6 is 0 Å². The summed E-state index contributed by atoms with van der Waals surface area (Å²) >= 11 is 0. The van der Waals surface area contributed by atoms with E-state index in [2.05, 4.69) is 50.1 Å². The summed E-state index contributed by atoms with van der Waals surface area (Å²) in [4.78, 5) is 9.45. The number of nitrogens with one attached hydrogen (secondary N) is 1. The second-order valence-electron chi connectivity index (χ2n) is 9.49. The molecule has 2 aliphatic carbocycles. The van der Waals surface area contributed by atoms with Crippen molar-refractivity contribution in [3.05, 3.63) is 41.4 Å². The molecule has 4 heteroatoms. The second kappa shape index (κ2) is 7.05. The van der Waals surface area contributed by atoms with Crippen molar-refractivity contribution in [2.24, 2.45) is 10.8 Å². The van der Waals surface area contributed by atoms with Crippen LogP contribution in [0, 0.1) is 10.8 Å². The Hall–Kier alpha value is -1.68. The van der Waals surface area contributed by atoms with Crippen LogP contribution in [0.2, 0.25) is 0 Å². The molecule has 1 unspecified atom stereocenters. The van der Waals surface area contributed by atoms with Gasteiger partial charge < -0.3 is 10.1 Å². The van der Waals surface area contributed by atoms with Crippen LogP contribution in [0.5, 0.6) is 5.88 Å². The maximum Gasteiger partial charge on any atom is 0.216 e. The molecule has 4 rings (SSSR count). The molecule has 0 saturated carbocycles. The normalized spacial score (nSPS) is 27.3. The Morgan fingerprint density at radius 2 is 1.70 bits per heavy atom. The number of hydrogen-bond donors (Lipinski definition) is 1. The average Bonchev–Trinajstić information content (AvgIpc) is 2.66. The van der Waals surface area contributed by atoms with E-state index in [1.54, 1.807) is 11.1 Å². The van der Waals surface area contributed by atoms with Gasteiger partial charge in [-0.1, -0.05) is 51.0 Å². The largest absolute Gasteiger partial charge is 0.474 e. The molecule has 1 atom stereocenters. The van der Waals surface area contributed by atoms with Gasteiger partial charge in [0, 0.05) is 29.0 Å². The summed E-state index contributed by atoms with van der Waals surface area (Å²) in [6.07, 6.45) is 12.4. The van der Waals surface area contributed by atoms with E-state index in [0.717, 1.165) is 56.9 Å². The Morgan fingerprint density at radius 3 is 2.44 bits per heavy atom. The Morgan fingerprint density at radius 1 is 1.00 bits per heavy atom. The predicted octanol–water partition coefficient (Wildman–Crippen LogP) is 4.79. The van der Waals surface area contributed by atoms with Gasteiger partial charge in [-0.25, -0.2) is 4.98 Å². The van der Waals surface area contributed by atoms with Crippen molar-refractivity contribution in [2.45, 2.75) is 71.8 Å². The summed E-state index contributed by atoms with van der Waals surface area (Å²) in [5, 5.41) is 3.38. The lowest BCUT2D eigenvalue weighted by Crippen LogP contribution is -2.34. The van der Waals surface area contributed by atoms with Gasteiger partial charge in [-0.15, -0.1) is 0 Å². The van der Waals surface area contributed by atoms with E-state index < -0.39 is 0 Å². The van der Waals surface area contributed by atoms with Gasteiger partial charge in [0.15, 0.2) is 0 Å². The topological polar surface area (TPSA) is 47.0 Å². The quantitative estimate of drug-likeness (QED) is 0.780. The van der Waals surface area contributed by atoms with Gasteiger partial charge >= 0.3 is 0 Å². The van der Waals surface area contributed by atoms with E-state index >= 15 is 0 Å². The first kappa shape index (κ1) is 18.7. The van der Waals surface area contributed by atoms with E-state index in [4.69, 9.17) is 9.72 Å². The highest BCUT2D eigenvalue weighted by Crippen LogP contribution is 2.52. The lowest BCUT2D eigenvalue weighted by atomic mass is 9.62. The fourth-order valence-corrected chi connectivity index (χ4v) is 4.85. The minimum absolute atomic E-state index is 0.132. The number of rotatable bonds is 3. The van der Waals surface area contributed by atoms with Crippen LogP contribution in [0.1, 0.15) is 71.5 Å². The van der Waals surface area contributed by atoms with Crippen molar-refractivity contribution < 1.29 is 4.74 Å². The lowest BCUT2D eigenvalue weighted by molar-refractivity contribution is 0.155. The minimum atomic E-state index is 0.132. The Bertz CT molecular complexity index is 757. The molecule has 1 aromatic heterocycles. The first-order valence-electron chi connectivity index (χ1n) is 10.5. The maximum absolute atomic E-state index is 6.15. The summed E-state index contributed by atoms with van der Waals surface area (Å²) in [5.41, 5.74) is 3.54. The first-order chi connectivity index (χ1) is 12.9. The highest BCUT2D eigenvalue weighted by atomic mass is 16.5. The molecule has 146 valence electrons. The van der Waals surface area contributed by atoms with Crippen molar-refractivity contribution in [3.8, 4) is 5.88 Å². The number of piperidine rings is 1. The van der Waals surface area contributed by atoms with Crippen LogP contribution < -0.4 is 10.1 Å². The van der Waals surface area contributed by atoms with Crippen molar-refractivity contribution in [3.63, 3.8) is 0 Å². The zero-order valence-electron chi connectivity index (χ0n) is 17.2. The van der Waals surface area contributed by atoms with E-state index in [1.807, 2.05) is 12.3 Å². The molecule has 3 aliphatic rings. The Balaban J connectivity index is 1.53. The summed E-state index contributed by atoms with van der Waals surface area (Å²) in [7, 11) is 0. The molecule has 1 aliphatic heterocycles. The van der Waals surface area contributed by atoms with Crippen molar-refractivity contribution in [2.75, 3.05) is 13.1 Å². The number of hydrogen-bond acceptors (Lipinski definition) is 4. The molecule has 0 radical (unpaired) electrons. The van der Waals surface area contributed by atoms with Gasteiger partial charge in [-0.3, -0.25) is 0 Å². The molecule has 0 bridgehead atoms. The predicted molar refractivity (Wildman–Crippen MR) is 109 cm³/mol. The molecule has 1 N–H and O–H groups in total. The van der Waals surface area contributed by atoms with E-state index in [-0.39, 0.29) is 16.9 Å². The van der Waals surface area contributed by atoms with E-state index in [1.165, 1.54) is 0 Å². The lowest BCUT2D eigenvalue weighted by Gasteiger charge is -2.43. The number of nitrogens with zero attached hydrogens (tertiary/aromatic N) is 2. The van der Waals surface area contributed by atoms with Gasteiger partial charge in [0.05, 0.1) is 0 Å². The Kier molecular flexibility index (Phi) is 4.87. The smallest absolute Gasteiger partial charge is 0.216 e. The molecular formula is C23H33N3O. The minimum Gasteiger partial charge on any atom is -0.474 e. The van der Waals surface area contributed by atoms with Gasteiger partial charge in [0.25, 0.3) is 0 Å². The maximum atomic E-state index is 6.15. The van der Waals surface area contributed by atoms with Crippen LogP contribution in [-0.2, 0) is 0 Å². The van der Waals surface area contributed by atoms with Gasteiger partial charge in [0.2, 0.25) is 5.88 Å². The summed E-state index contributed by atoms with van der Waals surface area (Å²) in [5.74, 6) is 2.09. The van der Waals surface area contributed by atoms with Crippen molar-refractivity contribution >= 4 is 0 Å². The third-order valence-corrected chi connectivity index (χ3v) is 6.62. The van der Waals surface area contributed by atoms with Crippen LogP contribution in [0.15, 0.2) is 35.6 Å². The zero-order valence-corrected chi connectivity index (χ0v) is 17.2. The Labute approximate surface area is 163 Å². The second-order valence-corrected chi connectivity index (χ2v) is 9.49. The molecule has 0 amide bonds. The SMILES string of the molecule is CC1(C)C=CC(C)(C)C2=C1CCC(c1nccc(OC3CCNCC3)n1)C2. The fraction of sp³-hybridized carbons (Fsp3) is 0.652. The fourth-order valence-electron chi connectivity index (χ4n) is 4.85. The molecule has 0 aromatic carbocycles. The summed E-state index contributed by atoms with van der Waals surface area (Å²) in [6, 6.07) is 1.91. The molecule has 4 nitrogen and oxygen atoms in total. The highest BCUT2D eigenvalue weighted by Gasteiger charge is 2.39. The van der Waals surface area contributed by atoms with Gasteiger partial charge in [-0.2, -0.15) is 4.98 Å². The van der Waals surface area contributed by atoms with Crippen LogP contribution in [0.3, 0.4) is 0 Å². The van der Waals surface area contributed by atoms with E-state index in [0.29, 0.717) is 5.92 Å². The van der Waals surface area contributed by atoms with E-state index in [9.17, 15) is 0 Å². The van der Waals surface area contributed by atoms with Gasteiger partial charge in [0.1, 0.15) is 11.9 Å². The third-order valence-electron chi connectivity index (χ3n) is 6.62. The molecule has 1 aromatic rings. The average molecular weight is 368 g/mol. The monoisotopic (exact) mass is 367 g/mol. The summed E-state index contributed by atoms with van der Waals surface area (Å²) in [6.45, 7) is 11.4. The highest BCUT2D eigenvalue weighted by molar-refractivity contribution is 5.40. The van der Waals surface area contributed by atoms with Crippen molar-refractivity contribution in [1.29, 1.82) is 0 Å². The molecule has 2 heterocycles. The summed E-state index contributed by atoms with van der Waals surface area (Å²) < 4.78 is 6.15.